The zero-order valence-electron chi connectivity index (χ0n) is 30.3. The molecule has 10 heteroatoms. The number of carbonyl (C=O) groups excluding carboxylic acids is 2. The van der Waals surface area contributed by atoms with Gasteiger partial charge in [-0.25, -0.2) is 4.57 Å². The maximum Gasteiger partial charge on any atom is 0.472 e. The van der Waals surface area contributed by atoms with Crippen molar-refractivity contribution in [3.63, 3.8) is 0 Å². The number of rotatable bonds is 36. The van der Waals surface area contributed by atoms with E-state index >= 15 is 0 Å². The van der Waals surface area contributed by atoms with E-state index in [4.69, 9.17) is 24.3 Å². The lowest BCUT2D eigenvalue weighted by atomic mass is 10.1. The van der Waals surface area contributed by atoms with Crippen LogP contribution in [0.5, 0.6) is 0 Å². The highest BCUT2D eigenvalue weighted by molar-refractivity contribution is 7.47. The summed E-state index contributed by atoms with van der Waals surface area (Å²) < 4.78 is 32.5. The molecule has 0 rings (SSSR count). The van der Waals surface area contributed by atoms with E-state index in [1.54, 1.807) is 0 Å². The van der Waals surface area contributed by atoms with Crippen molar-refractivity contribution < 1.29 is 37.6 Å². The first kappa shape index (κ1) is 45.8. The summed E-state index contributed by atoms with van der Waals surface area (Å²) in [6, 6.07) is 0. The van der Waals surface area contributed by atoms with Crippen molar-refractivity contribution in [2.75, 3.05) is 26.4 Å². The summed E-state index contributed by atoms with van der Waals surface area (Å²) in [5.41, 5.74) is 5.32. The fraction of sp³-hybridized carbons (Fsp3) is 0.892. The van der Waals surface area contributed by atoms with Crippen LogP contribution in [0.3, 0.4) is 0 Å². The number of unbranched alkanes of at least 4 members (excludes halogenated alkanes) is 21. The molecular weight excluding hydrogens is 617 g/mol. The van der Waals surface area contributed by atoms with Gasteiger partial charge >= 0.3 is 19.8 Å². The second-order valence-corrected chi connectivity index (χ2v) is 14.3. The van der Waals surface area contributed by atoms with Gasteiger partial charge in [-0.1, -0.05) is 142 Å². The van der Waals surface area contributed by atoms with Crippen molar-refractivity contribution in [1.29, 1.82) is 0 Å². The number of hydrogen-bond acceptors (Lipinski definition) is 8. The van der Waals surface area contributed by atoms with Crippen LogP contribution in [-0.2, 0) is 32.7 Å². The molecule has 0 saturated heterocycles. The van der Waals surface area contributed by atoms with Gasteiger partial charge in [-0.15, -0.1) is 0 Å². The molecule has 0 spiro atoms. The number of allylic oxidation sites excluding steroid dienone is 2. The van der Waals surface area contributed by atoms with E-state index < -0.39 is 26.5 Å². The molecule has 0 fully saturated rings. The molecule has 3 N–H and O–H groups in total. The number of phosphoric ester groups is 1. The third-order valence-electron chi connectivity index (χ3n) is 8.15. The lowest BCUT2D eigenvalue weighted by molar-refractivity contribution is -0.161. The first-order valence-corrected chi connectivity index (χ1v) is 20.7. The van der Waals surface area contributed by atoms with Gasteiger partial charge in [-0.2, -0.15) is 0 Å². The summed E-state index contributed by atoms with van der Waals surface area (Å²) in [4.78, 5) is 34.5. The van der Waals surface area contributed by atoms with Crippen LogP contribution in [0.4, 0.5) is 0 Å². The third-order valence-corrected chi connectivity index (χ3v) is 9.14. The Morgan fingerprint density at radius 2 is 1.04 bits per heavy atom. The molecule has 0 aliphatic heterocycles. The van der Waals surface area contributed by atoms with Gasteiger partial charge in [-0.05, 0) is 38.5 Å². The van der Waals surface area contributed by atoms with Gasteiger partial charge < -0.3 is 20.1 Å². The zero-order valence-corrected chi connectivity index (χ0v) is 31.2. The number of esters is 2. The smallest absolute Gasteiger partial charge is 0.462 e. The number of phosphoric acid groups is 1. The van der Waals surface area contributed by atoms with Gasteiger partial charge in [0, 0.05) is 19.4 Å². The summed E-state index contributed by atoms with van der Waals surface area (Å²) in [5.74, 6) is -0.833. The largest absolute Gasteiger partial charge is 0.472 e. The van der Waals surface area contributed by atoms with Gasteiger partial charge in [0.05, 0.1) is 13.2 Å². The van der Waals surface area contributed by atoms with E-state index in [0.717, 1.165) is 38.5 Å². The van der Waals surface area contributed by atoms with Crippen LogP contribution in [0.25, 0.3) is 0 Å². The minimum absolute atomic E-state index is 0.0554. The molecule has 0 aromatic carbocycles. The van der Waals surface area contributed by atoms with Gasteiger partial charge in [0.1, 0.15) is 6.61 Å². The summed E-state index contributed by atoms with van der Waals surface area (Å²) in [7, 11) is -4.36. The number of nitrogens with two attached hydrogens (primary N) is 1. The number of ether oxygens (including phenoxy) is 2. The number of hydrogen-bond donors (Lipinski definition) is 2. The van der Waals surface area contributed by atoms with Crippen LogP contribution in [0.2, 0.25) is 0 Å². The molecular formula is C37H72NO8P. The van der Waals surface area contributed by atoms with E-state index in [1.165, 1.54) is 109 Å². The van der Waals surface area contributed by atoms with Crippen molar-refractivity contribution in [2.24, 2.45) is 5.73 Å². The summed E-state index contributed by atoms with van der Waals surface area (Å²) in [6.45, 7) is 3.68. The molecule has 0 amide bonds. The second kappa shape index (κ2) is 34.6. The lowest BCUT2D eigenvalue weighted by Gasteiger charge is -2.19. The summed E-state index contributed by atoms with van der Waals surface area (Å²) in [5, 5.41) is 0. The van der Waals surface area contributed by atoms with Crippen molar-refractivity contribution in [1.82, 2.24) is 0 Å². The Morgan fingerprint density at radius 3 is 1.51 bits per heavy atom. The van der Waals surface area contributed by atoms with E-state index in [1.807, 2.05) is 0 Å². The molecule has 0 aromatic rings. The molecule has 2 atom stereocenters. The average molecular weight is 690 g/mol. The molecule has 0 aliphatic carbocycles. The minimum Gasteiger partial charge on any atom is -0.462 e. The first-order chi connectivity index (χ1) is 22.8. The Labute approximate surface area is 288 Å². The Kier molecular flexibility index (Phi) is 33.7. The van der Waals surface area contributed by atoms with Gasteiger partial charge in [0.25, 0.3) is 0 Å². The van der Waals surface area contributed by atoms with Crippen LogP contribution >= 0.6 is 7.82 Å². The summed E-state index contributed by atoms with van der Waals surface area (Å²) in [6.07, 6.45) is 32.6. The highest BCUT2D eigenvalue weighted by atomic mass is 31.2. The first-order valence-electron chi connectivity index (χ1n) is 19.2. The van der Waals surface area contributed by atoms with Crippen LogP contribution in [0.1, 0.15) is 181 Å². The molecule has 1 unspecified atom stereocenters. The van der Waals surface area contributed by atoms with Crippen LogP contribution in [0, 0.1) is 0 Å². The zero-order chi connectivity index (χ0) is 34.7. The Balaban J connectivity index is 4.09. The normalized spacial score (nSPS) is 13.5. The van der Waals surface area contributed by atoms with Gasteiger partial charge in [-0.3, -0.25) is 18.6 Å². The predicted octanol–water partition coefficient (Wildman–Crippen LogP) is 10.3. The third kappa shape index (κ3) is 34.4. The highest BCUT2D eigenvalue weighted by Gasteiger charge is 2.25. The molecule has 278 valence electrons. The Morgan fingerprint density at radius 1 is 0.617 bits per heavy atom. The van der Waals surface area contributed by atoms with Gasteiger partial charge in [0.15, 0.2) is 6.10 Å². The SMILES string of the molecule is CCCCCCCC/C=C/CCCCCCCCCCCC(=O)O[C@H](COC(=O)CCCCCCCCC)COP(=O)(O)OCCN. The number of carbonyl (C=O) groups is 2. The van der Waals surface area contributed by atoms with Gasteiger partial charge in [0.2, 0.25) is 0 Å². The molecule has 0 heterocycles. The highest BCUT2D eigenvalue weighted by Crippen LogP contribution is 2.43. The van der Waals surface area contributed by atoms with Crippen LogP contribution in [0.15, 0.2) is 12.2 Å². The molecule has 0 aromatic heterocycles. The van der Waals surface area contributed by atoms with Crippen molar-refractivity contribution in [2.45, 2.75) is 187 Å². The predicted molar refractivity (Wildman–Crippen MR) is 192 cm³/mol. The second-order valence-electron chi connectivity index (χ2n) is 12.8. The molecule has 9 nitrogen and oxygen atoms in total. The quantitative estimate of drug-likeness (QED) is 0.0285. The van der Waals surface area contributed by atoms with Crippen molar-refractivity contribution in [3.8, 4) is 0 Å². The fourth-order valence-corrected chi connectivity index (χ4v) is 6.04. The summed E-state index contributed by atoms with van der Waals surface area (Å²) >= 11 is 0. The van der Waals surface area contributed by atoms with E-state index in [2.05, 4.69) is 26.0 Å². The lowest BCUT2D eigenvalue weighted by Crippen LogP contribution is -2.29. The maximum atomic E-state index is 12.5. The Hall–Kier alpha value is -1.25. The maximum absolute atomic E-state index is 12.5. The fourth-order valence-electron chi connectivity index (χ4n) is 5.28. The van der Waals surface area contributed by atoms with Crippen molar-refractivity contribution in [3.05, 3.63) is 12.2 Å². The standard InChI is InChI=1S/C37H72NO8P/c1-3-5-7-9-11-12-13-14-15-16-17-18-19-20-21-22-24-26-28-30-37(40)46-35(34-45-47(41,42)44-32-31-38)33-43-36(39)29-27-25-23-10-8-6-4-2/h14-15,35H,3-13,16-34,38H2,1-2H3,(H,41,42)/b15-14+/t35-/m1/s1. The molecule has 0 saturated carbocycles. The Bertz CT molecular complexity index is 794. The minimum atomic E-state index is -4.36. The molecule has 0 bridgehead atoms. The van der Waals surface area contributed by atoms with Crippen LogP contribution in [-0.4, -0.2) is 49.3 Å². The van der Waals surface area contributed by atoms with E-state index in [9.17, 15) is 19.0 Å². The average Bonchev–Trinajstić information content (AvgIpc) is 3.05. The molecule has 0 radical (unpaired) electrons. The monoisotopic (exact) mass is 689 g/mol. The molecule has 0 aliphatic rings. The molecule has 47 heavy (non-hydrogen) atoms. The van der Waals surface area contributed by atoms with Crippen LogP contribution < -0.4 is 5.73 Å². The van der Waals surface area contributed by atoms with E-state index in [-0.39, 0.29) is 38.6 Å². The van der Waals surface area contributed by atoms with Crippen molar-refractivity contribution >= 4 is 19.8 Å². The van der Waals surface area contributed by atoms with E-state index in [0.29, 0.717) is 6.42 Å². The topological polar surface area (TPSA) is 134 Å².